The smallest absolute Gasteiger partial charge is 0.314 e. The number of nitrogens with one attached hydrogen (secondary N) is 1. The number of urea groups is 1. The fourth-order valence-electron chi connectivity index (χ4n) is 2.54. The number of nitrogens with two attached hydrogens (primary N) is 1. The highest BCUT2D eigenvalue weighted by atomic mass is 16.5. The maximum absolute atomic E-state index is 11.6. The molecule has 2 atom stereocenters. The van der Waals surface area contributed by atoms with Crippen molar-refractivity contribution in [2.75, 3.05) is 26.2 Å². The standard InChI is InChI=1S/C14H27N3O3/c1-4-20-13(18)6-11-5-12(16-7-10(2)3)9-17(8-11)14(15)19/h10-12,16H,4-9H2,1-3H3,(H2,15,19). The highest BCUT2D eigenvalue weighted by Crippen LogP contribution is 2.20. The third kappa shape index (κ3) is 5.77. The van der Waals surface area contributed by atoms with Crippen molar-refractivity contribution in [1.29, 1.82) is 0 Å². The SMILES string of the molecule is CCOC(=O)CC1CC(NCC(C)C)CN(C(N)=O)C1. The minimum absolute atomic E-state index is 0.111. The van der Waals surface area contributed by atoms with E-state index < -0.39 is 6.03 Å². The molecule has 20 heavy (non-hydrogen) atoms. The Morgan fingerprint density at radius 3 is 2.65 bits per heavy atom. The van der Waals surface area contributed by atoms with E-state index in [9.17, 15) is 9.59 Å². The van der Waals surface area contributed by atoms with Crippen LogP contribution < -0.4 is 11.1 Å². The van der Waals surface area contributed by atoms with Gasteiger partial charge in [0.15, 0.2) is 0 Å². The van der Waals surface area contributed by atoms with Crippen LogP contribution in [0.25, 0.3) is 0 Å². The second-order valence-electron chi connectivity index (χ2n) is 5.85. The van der Waals surface area contributed by atoms with Crippen LogP contribution in [0.15, 0.2) is 0 Å². The van der Waals surface area contributed by atoms with Gasteiger partial charge in [-0.05, 0) is 31.7 Å². The van der Waals surface area contributed by atoms with Crippen molar-refractivity contribution in [1.82, 2.24) is 10.2 Å². The van der Waals surface area contributed by atoms with Crippen LogP contribution in [-0.2, 0) is 9.53 Å². The largest absolute Gasteiger partial charge is 0.466 e. The van der Waals surface area contributed by atoms with Crippen LogP contribution >= 0.6 is 0 Å². The summed E-state index contributed by atoms with van der Waals surface area (Å²) in [4.78, 5) is 24.6. The normalized spacial score (nSPS) is 22.9. The number of esters is 1. The van der Waals surface area contributed by atoms with Crippen LogP contribution in [0.2, 0.25) is 0 Å². The van der Waals surface area contributed by atoms with E-state index >= 15 is 0 Å². The van der Waals surface area contributed by atoms with E-state index in [1.54, 1.807) is 11.8 Å². The van der Waals surface area contributed by atoms with Gasteiger partial charge in [-0.2, -0.15) is 0 Å². The molecule has 6 heteroatoms. The molecule has 0 bridgehead atoms. The Kier molecular flexibility index (Phi) is 6.78. The average Bonchev–Trinajstić information content (AvgIpc) is 2.36. The van der Waals surface area contributed by atoms with Gasteiger partial charge in [0.1, 0.15) is 0 Å². The second kappa shape index (κ2) is 8.09. The number of nitrogens with zero attached hydrogens (tertiary/aromatic N) is 1. The number of amides is 2. The Morgan fingerprint density at radius 1 is 1.40 bits per heavy atom. The van der Waals surface area contributed by atoms with Gasteiger partial charge in [0.2, 0.25) is 0 Å². The lowest BCUT2D eigenvalue weighted by Gasteiger charge is -2.37. The molecular formula is C14H27N3O3. The summed E-state index contributed by atoms with van der Waals surface area (Å²) < 4.78 is 4.98. The Labute approximate surface area is 121 Å². The summed E-state index contributed by atoms with van der Waals surface area (Å²) in [6.07, 6.45) is 1.22. The number of likely N-dealkylation sites (tertiary alicyclic amines) is 1. The molecule has 1 heterocycles. The minimum atomic E-state index is -0.421. The van der Waals surface area contributed by atoms with Crippen molar-refractivity contribution in [2.24, 2.45) is 17.6 Å². The van der Waals surface area contributed by atoms with Crippen molar-refractivity contribution >= 4 is 12.0 Å². The molecule has 0 spiro atoms. The van der Waals surface area contributed by atoms with Gasteiger partial charge in [-0.3, -0.25) is 4.79 Å². The van der Waals surface area contributed by atoms with Gasteiger partial charge in [0.25, 0.3) is 0 Å². The number of ether oxygens (including phenoxy) is 1. The van der Waals surface area contributed by atoms with E-state index in [0.717, 1.165) is 13.0 Å². The highest BCUT2D eigenvalue weighted by molar-refractivity contribution is 5.73. The average molecular weight is 285 g/mol. The predicted molar refractivity (Wildman–Crippen MR) is 77.1 cm³/mol. The first-order valence-electron chi connectivity index (χ1n) is 7.35. The number of carbonyl (C=O) groups excluding carboxylic acids is 2. The fraction of sp³-hybridized carbons (Fsp3) is 0.857. The molecule has 0 aliphatic carbocycles. The first kappa shape index (κ1) is 16.8. The van der Waals surface area contributed by atoms with Crippen LogP contribution in [-0.4, -0.2) is 49.2 Å². The van der Waals surface area contributed by atoms with Crippen molar-refractivity contribution in [3.63, 3.8) is 0 Å². The molecule has 1 saturated heterocycles. The van der Waals surface area contributed by atoms with Crippen LogP contribution in [0.5, 0.6) is 0 Å². The molecule has 6 nitrogen and oxygen atoms in total. The Bertz CT molecular complexity index is 334. The molecule has 0 aromatic rings. The molecule has 0 aromatic heterocycles. The van der Waals surface area contributed by atoms with Gasteiger partial charge in [0.05, 0.1) is 13.0 Å². The molecular weight excluding hydrogens is 258 g/mol. The summed E-state index contributed by atoms with van der Waals surface area (Å²) in [6.45, 7) is 8.50. The van der Waals surface area contributed by atoms with Crippen molar-refractivity contribution in [2.45, 2.75) is 39.7 Å². The third-order valence-electron chi connectivity index (χ3n) is 3.42. The molecule has 1 aliphatic rings. The summed E-state index contributed by atoms with van der Waals surface area (Å²) in [6, 6.07) is -0.229. The van der Waals surface area contributed by atoms with Crippen molar-refractivity contribution in [3.05, 3.63) is 0 Å². The predicted octanol–water partition coefficient (Wildman–Crippen LogP) is 0.954. The fourth-order valence-corrected chi connectivity index (χ4v) is 2.54. The van der Waals surface area contributed by atoms with Gasteiger partial charge in [-0.1, -0.05) is 13.8 Å². The van der Waals surface area contributed by atoms with E-state index in [0.29, 0.717) is 32.0 Å². The van der Waals surface area contributed by atoms with E-state index in [-0.39, 0.29) is 17.9 Å². The molecule has 3 N–H and O–H groups in total. The minimum Gasteiger partial charge on any atom is -0.466 e. The number of primary amides is 1. The summed E-state index contributed by atoms with van der Waals surface area (Å²) in [7, 11) is 0. The highest BCUT2D eigenvalue weighted by Gasteiger charge is 2.30. The Balaban J connectivity index is 2.56. The molecule has 116 valence electrons. The van der Waals surface area contributed by atoms with Gasteiger partial charge >= 0.3 is 12.0 Å². The van der Waals surface area contributed by atoms with Crippen LogP contribution in [0, 0.1) is 11.8 Å². The van der Waals surface area contributed by atoms with Crippen LogP contribution in [0.3, 0.4) is 0 Å². The number of hydrogen-bond donors (Lipinski definition) is 2. The zero-order chi connectivity index (χ0) is 15.1. The molecule has 2 unspecified atom stereocenters. The summed E-state index contributed by atoms with van der Waals surface area (Å²) in [5, 5.41) is 3.44. The molecule has 1 rings (SSSR count). The van der Waals surface area contributed by atoms with Gasteiger partial charge < -0.3 is 20.7 Å². The van der Waals surface area contributed by atoms with Crippen LogP contribution in [0.1, 0.15) is 33.6 Å². The van der Waals surface area contributed by atoms with Crippen LogP contribution in [0.4, 0.5) is 4.79 Å². The zero-order valence-corrected chi connectivity index (χ0v) is 12.7. The molecule has 1 fully saturated rings. The summed E-state index contributed by atoms with van der Waals surface area (Å²) >= 11 is 0. The first-order valence-corrected chi connectivity index (χ1v) is 7.35. The number of carbonyl (C=O) groups is 2. The molecule has 1 aliphatic heterocycles. The summed E-state index contributed by atoms with van der Waals surface area (Å²) in [5.41, 5.74) is 5.38. The monoisotopic (exact) mass is 285 g/mol. The number of hydrogen-bond acceptors (Lipinski definition) is 4. The van der Waals surface area contributed by atoms with Gasteiger partial charge in [-0.15, -0.1) is 0 Å². The lowest BCUT2D eigenvalue weighted by molar-refractivity contribution is -0.144. The van der Waals surface area contributed by atoms with E-state index in [1.807, 2.05) is 0 Å². The Hall–Kier alpha value is -1.30. The van der Waals surface area contributed by atoms with E-state index in [1.165, 1.54) is 0 Å². The zero-order valence-electron chi connectivity index (χ0n) is 12.7. The summed E-state index contributed by atoms with van der Waals surface area (Å²) in [5.74, 6) is 0.453. The number of rotatable bonds is 6. The topological polar surface area (TPSA) is 84.7 Å². The number of piperidine rings is 1. The lowest BCUT2D eigenvalue weighted by Crippen LogP contribution is -2.53. The van der Waals surface area contributed by atoms with Gasteiger partial charge in [-0.25, -0.2) is 4.79 Å². The first-order chi connectivity index (χ1) is 9.42. The molecule has 0 aromatic carbocycles. The third-order valence-corrected chi connectivity index (χ3v) is 3.42. The molecule has 2 amide bonds. The van der Waals surface area contributed by atoms with Gasteiger partial charge in [0, 0.05) is 19.1 Å². The molecule has 0 saturated carbocycles. The maximum Gasteiger partial charge on any atom is 0.314 e. The maximum atomic E-state index is 11.6. The quantitative estimate of drug-likeness (QED) is 0.712. The Morgan fingerprint density at radius 2 is 2.10 bits per heavy atom. The lowest BCUT2D eigenvalue weighted by atomic mass is 9.91. The second-order valence-corrected chi connectivity index (χ2v) is 5.85. The molecule has 0 radical (unpaired) electrons. The van der Waals surface area contributed by atoms with Crippen molar-refractivity contribution in [3.8, 4) is 0 Å². The van der Waals surface area contributed by atoms with Crippen molar-refractivity contribution < 1.29 is 14.3 Å². The van der Waals surface area contributed by atoms with E-state index in [2.05, 4.69) is 19.2 Å². The van der Waals surface area contributed by atoms with E-state index in [4.69, 9.17) is 10.5 Å².